The van der Waals surface area contributed by atoms with Crippen molar-refractivity contribution in [2.24, 2.45) is 0 Å². The zero-order valence-electron chi connectivity index (χ0n) is 11.3. The maximum absolute atomic E-state index is 12.2. The van der Waals surface area contributed by atoms with Crippen LogP contribution < -0.4 is 10.9 Å². The number of pyridine rings is 1. The number of carbonyl (C=O) groups is 1. The molecule has 4 nitrogen and oxygen atoms in total. The van der Waals surface area contributed by atoms with Gasteiger partial charge in [0.15, 0.2) is 0 Å². The lowest BCUT2D eigenvalue weighted by Crippen LogP contribution is -2.31. The molecule has 2 rings (SSSR count). The Morgan fingerprint density at radius 3 is 2.60 bits per heavy atom. The first-order valence-corrected chi connectivity index (χ1v) is 7.02. The smallest absolute Gasteiger partial charge is 0.265 e. The second-order valence-corrected chi connectivity index (χ2v) is 5.46. The van der Waals surface area contributed by atoms with Crippen LogP contribution in [-0.4, -0.2) is 10.5 Å². The number of hydrogen-bond acceptors (Lipinski definition) is 2. The average molecular weight is 335 g/mol. The van der Waals surface area contributed by atoms with Gasteiger partial charge in [-0.2, -0.15) is 0 Å². The standard InChI is InChI=1S/C15H15BrN2O2/c1-10-8-13(16)15(20)18(9-10)11(2)14(19)17-12-6-4-3-5-7-12/h3-9,11H,1-2H3,(H,17,19). The fraction of sp³-hybridized carbons (Fsp3) is 0.200. The molecular weight excluding hydrogens is 320 g/mol. The second-order valence-electron chi connectivity index (χ2n) is 4.61. The van der Waals surface area contributed by atoms with Crippen LogP contribution in [0.15, 0.2) is 51.9 Å². The van der Waals surface area contributed by atoms with Crippen LogP contribution in [0.3, 0.4) is 0 Å². The largest absolute Gasteiger partial charge is 0.324 e. The molecule has 0 saturated heterocycles. The van der Waals surface area contributed by atoms with Gasteiger partial charge in [0.25, 0.3) is 5.56 Å². The van der Waals surface area contributed by atoms with E-state index >= 15 is 0 Å². The summed E-state index contributed by atoms with van der Waals surface area (Å²) >= 11 is 3.22. The summed E-state index contributed by atoms with van der Waals surface area (Å²) in [5, 5.41) is 2.79. The van der Waals surface area contributed by atoms with Gasteiger partial charge in [0.2, 0.25) is 5.91 Å². The van der Waals surface area contributed by atoms with Crippen molar-refractivity contribution in [1.29, 1.82) is 0 Å². The summed E-state index contributed by atoms with van der Waals surface area (Å²) in [7, 11) is 0. The SMILES string of the molecule is Cc1cc(Br)c(=O)n(C(C)C(=O)Nc2ccccc2)c1. The lowest BCUT2D eigenvalue weighted by atomic mass is 10.2. The molecule has 1 unspecified atom stereocenters. The molecule has 1 N–H and O–H groups in total. The van der Waals surface area contributed by atoms with E-state index in [1.165, 1.54) is 4.57 Å². The predicted octanol–water partition coefficient (Wildman–Crippen LogP) is 3.12. The van der Waals surface area contributed by atoms with Crippen molar-refractivity contribution in [3.05, 3.63) is 63.0 Å². The third kappa shape index (κ3) is 3.17. The van der Waals surface area contributed by atoms with E-state index in [-0.39, 0.29) is 11.5 Å². The van der Waals surface area contributed by atoms with E-state index in [1.54, 1.807) is 31.3 Å². The number of hydrogen-bond donors (Lipinski definition) is 1. The molecule has 0 bridgehead atoms. The Balaban J connectivity index is 2.25. The third-order valence-corrected chi connectivity index (χ3v) is 3.54. The zero-order valence-corrected chi connectivity index (χ0v) is 12.8. The molecule has 1 atom stereocenters. The fourth-order valence-corrected chi connectivity index (χ4v) is 2.45. The van der Waals surface area contributed by atoms with E-state index in [4.69, 9.17) is 0 Å². The van der Waals surface area contributed by atoms with E-state index in [0.29, 0.717) is 10.2 Å². The quantitative estimate of drug-likeness (QED) is 0.937. The fourth-order valence-electron chi connectivity index (χ4n) is 1.88. The van der Waals surface area contributed by atoms with Crippen LogP contribution in [0.25, 0.3) is 0 Å². The number of aryl methyl sites for hydroxylation is 1. The summed E-state index contributed by atoms with van der Waals surface area (Å²) in [4.78, 5) is 24.3. The molecule has 0 aliphatic heterocycles. The van der Waals surface area contributed by atoms with Crippen LogP contribution in [0.4, 0.5) is 5.69 Å². The van der Waals surface area contributed by atoms with Gasteiger partial charge in [-0.1, -0.05) is 18.2 Å². The average Bonchev–Trinajstić information content (AvgIpc) is 2.43. The Kier molecular flexibility index (Phi) is 4.39. The summed E-state index contributed by atoms with van der Waals surface area (Å²) in [6, 6.07) is 10.3. The molecule has 0 radical (unpaired) electrons. The summed E-state index contributed by atoms with van der Waals surface area (Å²) in [6.07, 6.45) is 1.68. The maximum atomic E-state index is 12.2. The topological polar surface area (TPSA) is 51.1 Å². The first kappa shape index (κ1) is 14.5. The van der Waals surface area contributed by atoms with Gasteiger partial charge in [-0.15, -0.1) is 0 Å². The first-order chi connectivity index (χ1) is 9.49. The van der Waals surface area contributed by atoms with Gasteiger partial charge >= 0.3 is 0 Å². The maximum Gasteiger partial charge on any atom is 0.265 e. The van der Waals surface area contributed by atoms with Gasteiger partial charge in [0.1, 0.15) is 6.04 Å². The van der Waals surface area contributed by atoms with E-state index < -0.39 is 6.04 Å². The highest BCUT2D eigenvalue weighted by molar-refractivity contribution is 9.10. The summed E-state index contributed by atoms with van der Waals surface area (Å²) in [5.74, 6) is -0.226. The van der Waals surface area contributed by atoms with Crippen molar-refractivity contribution in [3.8, 4) is 0 Å². The Morgan fingerprint density at radius 1 is 1.30 bits per heavy atom. The first-order valence-electron chi connectivity index (χ1n) is 6.23. The highest BCUT2D eigenvalue weighted by Crippen LogP contribution is 2.13. The normalized spacial score (nSPS) is 11.9. The molecule has 0 spiro atoms. The minimum Gasteiger partial charge on any atom is -0.324 e. The predicted molar refractivity (Wildman–Crippen MR) is 82.9 cm³/mol. The summed E-state index contributed by atoms with van der Waals surface area (Å²) < 4.78 is 1.88. The minimum atomic E-state index is -0.584. The van der Waals surface area contributed by atoms with Crippen LogP contribution in [-0.2, 0) is 4.79 Å². The molecule has 0 fully saturated rings. The molecule has 0 aliphatic carbocycles. The third-order valence-electron chi connectivity index (χ3n) is 2.97. The number of amides is 1. The number of aromatic nitrogens is 1. The summed E-state index contributed by atoms with van der Waals surface area (Å²) in [6.45, 7) is 3.58. The number of benzene rings is 1. The molecule has 1 aromatic carbocycles. The van der Waals surface area contributed by atoms with Crippen LogP contribution in [0.1, 0.15) is 18.5 Å². The number of nitrogens with one attached hydrogen (secondary N) is 1. The number of halogens is 1. The highest BCUT2D eigenvalue weighted by Gasteiger charge is 2.17. The second kappa shape index (κ2) is 6.05. The van der Waals surface area contributed by atoms with Crippen LogP contribution in [0, 0.1) is 6.92 Å². The van der Waals surface area contributed by atoms with Crippen LogP contribution in [0.2, 0.25) is 0 Å². The lowest BCUT2D eigenvalue weighted by Gasteiger charge is -2.16. The number of rotatable bonds is 3. The van der Waals surface area contributed by atoms with Crippen molar-refractivity contribution in [2.45, 2.75) is 19.9 Å². The van der Waals surface area contributed by atoms with E-state index in [0.717, 1.165) is 5.56 Å². The number of carbonyl (C=O) groups excluding carboxylic acids is 1. The van der Waals surface area contributed by atoms with Gasteiger partial charge in [0.05, 0.1) is 4.47 Å². The summed E-state index contributed by atoms with van der Waals surface area (Å²) in [5.41, 5.74) is 1.41. The van der Waals surface area contributed by atoms with Gasteiger partial charge in [0, 0.05) is 11.9 Å². The number of para-hydroxylation sites is 1. The Morgan fingerprint density at radius 2 is 1.95 bits per heavy atom. The molecule has 1 amide bonds. The Labute approximate surface area is 125 Å². The van der Waals surface area contributed by atoms with Crippen molar-refractivity contribution >= 4 is 27.5 Å². The van der Waals surface area contributed by atoms with Gasteiger partial charge in [-0.25, -0.2) is 0 Å². The van der Waals surface area contributed by atoms with Crippen molar-refractivity contribution in [2.75, 3.05) is 5.32 Å². The number of anilines is 1. The molecule has 0 aliphatic rings. The molecule has 20 heavy (non-hydrogen) atoms. The molecule has 1 heterocycles. The molecule has 2 aromatic rings. The monoisotopic (exact) mass is 334 g/mol. The van der Waals surface area contributed by atoms with E-state index in [2.05, 4.69) is 21.2 Å². The van der Waals surface area contributed by atoms with Crippen molar-refractivity contribution in [1.82, 2.24) is 4.57 Å². The molecule has 104 valence electrons. The van der Waals surface area contributed by atoms with Crippen LogP contribution >= 0.6 is 15.9 Å². The van der Waals surface area contributed by atoms with E-state index in [1.807, 2.05) is 25.1 Å². The minimum absolute atomic E-state index is 0.216. The Bertz CT molecular complexity index is 680. The van der Waals surface area contributed by atoms with E-state index in [9.17, 15) is 9.59 Å². The molecule has 0 saturated carbocycles. The van der Waals surface area contributed by atoms with Crippen molar-refractivity contribution in [3.63, 3.8) is 0 Å². The molecular formula is C15H15BrN2O2. The number of nitrogens with zero attached hydrogens (tertiary/aromatic N) is 1. The Hall–Kier alpha value is -1.88. The van der Waals surface area contributed by atoms with Crippen molar-refractivity contribution < 1.29 is 4.79 Å². The highest BCUT2D eigenvalue weighted by atomic mass is 79.9. The van der Waals surface area contributed by atoms with Gasteiger partial charge in [-0.05, 0) is 53.5 Å². The van der Waals surface area contributed by atoms with Gasteiger partial charge in [-0.3, -0.25) is 9.59 Å². The molecule has 1 aromatic heterocycles. The van der Waals surface area contributed by atoms with Gasteiger partial charge < -0.3 is 9.88 Å². The molecule has 5 heteroatoms. The lowest BCUT2D eigenvalue weighted by molar-refractivity contribution is -0.118. The van der Waals surface area contributed by atoms with Crippen LogP contribution in [0.5, 0.6) is 0 Å². The zero-order chi connectivity index (χ0) is 14.7.